The quantitative estimate of drug-likeness (QED) is 0.307. The molecule has 0 fully saturated rings. The third kappa shape index (κ3) is 5.65. The first kappa shape index (κ1) is 15.9. The lowest BCUT2D eigenvalue weighted by Gasteiger charge is -2.10. The van der Waals surface area contributed by atoms with Crippen LogP contribution in [-0.4, -0.2) is 31.9 Å². The first-order valence-electron chi connectivity index (χ1n) is 5.15. The second kappa shape index (κ2) is 6.33. The number of hydrogen-bond acceptors (Lipinski definition) is 5. The summed E-state index contributed by atoms with van der Waals surface area (Å²) in [6.45, 7) is 0. The highest BCUT2D eigenvalue weighted by Crippen LogP contribution is 2.37. The van der Waals surface area contributed by atoms with Crippen molar-refractivity contribution in [2.24, 2.45) is 0 Å². The molecule has 0 saturated carbocycles. The normalized spacial score (nSPS) is 12.5. The number of carboxylic acid groups (broad SMARTS) is 1. The monoisotopic (exact) mass is 306 g/mol. The number of nitrogens with zero attached hydrogens (tertiary/aromatic N) is 1. The Labute approximate surface area is 112 Å². The lowest BCUT2D eigenvalue weighted by molar-refractivity contribution is -0.548. The maximum absolute atomic E-state index is 10.8. The van der Waals surface area contributed by atoms with Crippen LogP contribution in [0.25, 0.3) is 0 Å². The third-order valence-electron chi connectivity index (χ3n) is 2.15. The summed E-state index contributed by atoms with van der Waals surface area (Å²) < 4.78 is 14.9. The van der Waals surface area contributed by atoms with Crippen molar-refractivity contribution in [2.75, 3.05) is 0 Å². The molecule has 1 aromatic carbocycles. The summed E-state index contributed by atoms with van der Waals surface area (Å²) in [4.78, 5) is 38.2. The van der Waals surface area contributed by atoms with Crippen molar-refractivity contribution in [3.05, 3.63) is 39.9 Å². The van der Waals surface area contributed by atoms with Crippen molar-refractivity contribution < 1.29 is 33.8 Å². The molecular weight excluding hydrogens is 295 g/mol. The van der Waals surface area contributed by atoms with Gasteiger partial charge in [0.2, 0.25) is 0 Å². The molecule has 0 amide bonds. The first-order valence-corrected chi connectivity index (χ1v) is 6.68. The average molecular weight is 306 g/mol. The summed E-state index contributed by atoms with van der Waals surface area (Å²) >= 11 is 0. The molecule has 11 heteroatoms. The molecule has 0 bridgehead atoms. The van der Waals surface area contributed by atoms with E-state index in [2.05, 4.69) is 4.52 Å². The fourth-order valence-electron chi connectivity index (χ4n) is 1.37. The number of nitrogens with one attached hydrogen (secondary N) is 1. The Hall–Kier alpha value is -2.16. The Morgan fingerprint density at radius 1 is 1.40 bits per heavy atom. The number of carbonyl (C=O) groups is 1. The van der Waals surface area contributed by atoms with Crippen LogP contribution in [-0.2, 0) is 15.8 Å². The molecular formula is C9H11N2O8P. The number of rotatable bonds is 7. The smallest absolute Gasteiger partial charge is 0.480 e. The zero-order chi connectivity index (χ0) is 15.3. The van der Waals surface area contributed by atoms with Crippen LogP contribution in [0.3, 0.4) is 0 Å². The number of nitro groups is 1. The fourth-order valence-corrected chi connectivity index (χ4v) is 1.77. The minimum atomic E-state index is -4.66. The summed E-state index contributed by atoms with van der Waals surface area (Å²) in [7, 11) is -4.66. The molecule has 1 rings (SSSR count). The van der Waals surface area contributed by atoms with E-state index >= 15 is 0 Å². The molecule has 1 atom stereocenters. The van der Waals surface area contributed by atoms with E-state index in [4.69, 9.17) is 14.9 Å². The molecule has 0 radical (unpaired) electrons. The molecule has 0 saturated heterocycles. The average Bonchev–Trinajstić information content (AvgIpc) is 2.28. The predicted molar refractivity (Wildman–Crippen MR) is 64.4 cm³/mol. The molecule has 0 unspecified atom stereocenters. The van der Waals surface area contributed by atoms with Gasteiger partial charge in [-0.05, 0) is 17.7 Å². The van der Waals surface area contributed by atoms with Crippen LogP contribution in [0.15, 0.2) is 24.3 Å². The van der Waals surface area contributed by atoms with E-state index in [1.807, 2.05) is 0 Å². The van der Waals surface area contributed by atoms with Crippen LogP contribution in [0, 0.1) is 10.1 Å². The molecule has 0 aliphatic rings. The maximum Gasteiger partial charge on any atom is 0.524 e. The molecule has 0 aliphatic heterocycles. The fraction of sp³-hybridized carbons (Fsp3) is 0.222. The van der Waals surface area contributed by atoms with E-state index in [1.165, 1.54) is 24.3 Å². The van der Waals surface area contributed by atoms with Crippen molar-refractivity contribution >= 4 is 13.8 Å². The summed E-state index contributed by atoms with van der Waals surface area (Å²) in [5.41, 5.74) is 2.07. The third-order valence-corrected chi connectivity index (χ3v) is 2.60. The van der Waals surface area contributed by atoms with Crippen LogP contribution < -0.4 is 9.95 Å². The standard InChI is InChI=1S/C9H11N2O8P/c12-9(13)8(10-11(14)15)5-6-1-3-7(4-2-6)19-20(16,17)18/h1-4,8,10H,5H2,(H,12,13)(H2,16,17,18)/t8-/m0/s1. The van der Waals surface area contributed by atoms with E-state index in [0.717, 1.165) is 0 Å². The Morgan fingerprint density at radius 3 is 2.35 bits per heavy atom. The van der Waals surface area contributed by atoms with E-state index in [9.17, 15) is 19.5 Å². The van der Waals surface area contributed by atoms with Crippen molar-refractivity contribution in [3.8, 4) is 5.75 Å². The first-order chi connectivity index (χ1) is 9.17. The van der Waals surface area contributed by atoms with Gasteiger partial charge in [0.25, 0.3) is 0 Å². The van der Waals surface area contributed by atoms with E-state index in [0.29, 0.717) is 5.56 Å². The minimum absolute atomic E-state index is 0.101. The largest absolute Gasteiger partial charge is 0.524 e. The number of hydrogen-bond donors (Lipinski definition) is 4. The molecule has 20 heavy (non-hydrogen) atoms. The van der Waals surface area contributed by atoms with Gasteiger partial charge in [0.1, 0.15) is 5.75 Å². The highest BCUT2D eigenvalue weighted by atomic mass is 31.2. The Kier molecular flexibility index (Phi) is 5.03. The molecule has 10 nitrogen and oxygen atoms in total. The lowest BCUT2D eigenvalue weighted by Crippen LogP contribution is -2.41. The molecule has 4 N–H and O–H groups in total. The van der Waals surface area contributed by atoms with Gasteiger partial charge in [-0.3, -0.25) is 9.79 Å². The molecule has 0 aliphatic carbocycles. The second-order valence-corrected chi connectivity index (χ2v) is 4.87. The summed E-state index contributed by atoms with van der Waals surface area (Å²) in [6.07, 6.45) is -0.174. The van der Waals surface area contributed by atoms with Gasteiger partial charge in [-0.15, -0.1) is 5.43 Å². The maximum atomic E-state index is 10.8. The van der Waals surface area contributed by atoms with Gasteiger partial charge in [-0.1, -0.05) is 12.1 Å². The topological polar surface area (TPSA) is 159 Å². The zero-order valence-electron chi connectivity index (χ0n) is 9.87. The van der Waals surface area contributed by atoms with Gasteiger partial charge in [0, 0.05) is 6.42 Å². The van der Waals surface area contributed by atoms with Crippen molar-refractivity contribution in [1.82, 2.24) is 5.43 Å². The second-order valence-electron chi connectivity index (χ2n) is 3.71. The summed E-state index contributed by atoms with van der Waals surface area (Å²) in [5, 5.41) is 18.1. The van der Waals surface area contributed by atoms with E-state index < -0.39 is 24.9 Å². The van der Waals surface area contributed by atoms with Crippen LogP contribution in [0.2, 0.25) is 0 Å². The number of aliphatic carboxylic acids is 1. The number of phosphoric ester groups is 1. The highest BCUT2D eigenvalue weighted by molar-refractivity contribution is 7.46. The molecule has 0 heterocycles. The van der Waals surface area contributed by atoms with Crippen molar-refractivity contribution in [3.63, 3.8) is 0 Å². The highest BCUT2D eigenvalue weighted by Gasteiger charge is 2.22. The molecule has 1 aromatic rings. The van der Waals surface area contributed by atoms with E-state index in [1.54, 1.807) is 5.43 Å². The van der Waals surface area contributed by atoms with Gasteiger partial charge in [-0.2, -0.15) is 0 Å². The zero-order valence-corrected chi connectivity index (χ0v) is 10.8. The predicted octanol–water partition coefficient (Wildman–Crippen LogP) is -0.0649. The summed E-state index contributed by atoms with van der Waals surface area (Å²) in [6, 6.07) is 3.72. The lowest BCUT2D eigenvalue weighted by atomic mass is 10.1. The van der Waals surface area contributed by atoms with Gasteiger partial charge in [-0.25, -0.2) is 19.5 Å². The van der Waals surface area contributed by atoms with E-state index in [-0.39, 0.29) is 12.2 Å². The van der Waals surface area contributed by atoms with Crippen LogP contribution in [0.5, 0.6) is 5.75 Å². The number of phosphoric acid groups is 1. The Balaban J connectivity index is 2.75. The summed E-state index contributed by atoms with van der Waals surface area (Å²) in [5.74, 6) is -1.49. The van der Waals surface area contributed by atoms with Gasteiger partial charge in [0.05, 0.1) is 0 Å². The van der Waals surface area contributed by atoms with Crippen LogP contribution in [0.1, 0.15) is 5.56 Å². The van der Waals surface area contributed by atoms with Gasteiger partial charge in [0.15, 0.2) is 11.1 Å². The van der Waals surface area contributed by atoms with Crippen LogP contribution >= 0.6 is 7.82 Å². The van der Waals surface area contributed by atoms with Crippen molar-refractivity contribution in [2.45, 2.75) is 12.5 Å². The minimum Gasteiger partial charge on any atom is -0.480 e. The Morgan fingerprint density at radius 2 is 1.95 bits per heavy atom. The number of hydrazine groups is 1. The molecule has 0 aromatic heterocycles. The van der Waals surface area contributed by atoms with Crippen molar-refractivity contribution in [1.29, 1.82) is 0 Å². The molecule has 0 spiro atoms. The Bertz CT molecular complexity index is 539. The number of carboxylic acids is 1. The van der Waals surface area contributed by atoms with Gasteiger partial charge >= 0.3 is 13.8 Å². The molecule has 110 valence electrons. The van der Waals surface area contributed by atoms with Gasteiger partial charge < -0.3 is 9.63 Å². The number of benzene rings is 1. The van der Waals surface area contributed by atoms with Crippen LogP contribution in [0.4, 0.5) is 0 Å². The SMILES string of the molecule is O=C(O)[C@H](Cc1ccc(OP(=O)(O)O)cc1)N[N+](=O)[O-].